The van der Waals surface area contributed by atoms with E-state index in [1.165, 1.54) is 0 Å². The Morgan fingerprint density at radius 2 is 1.89 bits per heavy atom. The van der Waals surface area contributed by atoms with Crippen LogP contribution in [0.25, 0.3) is 0 Å². The summed E-state index contributed by atoms with van der Waals surface area (Å²) in [5.74, 6) is -0.731. The minimum absolute atomic E-state index is 0.0697. The molecule has 3 N–H and O–H groups in total. The minimum atomic E-state index is -0.923. The van der Waals surface area contributed by atoms with E-state index in [1.807, 2.05) is 0 Å². The second-order valence-corrected chi connectivity index (χ2v) is 5.74. The van der Waals surface area contributed by atoms with Crippen LogP contribution >= 0.6 is 0 Å². The molecule has 2 amide bonds. The number of hydrogen-bond donors (Lipinski definition) is 2. The third kappa shape index (κ3) is 3.46. The first kappa shape index (κ1) is 14.5. The summed E-state index contributed by atoms with van der Waals surface area (Å²) in [6, 6.07) is 2.16. The van der Waals surface area contributed by atoms with Gasteiger partial charge in [0, 0.05) is 12.0 Å². The molecule has 0 unspecified atom stereocenters. The van der Waals surface area contributed by atoms with Gasteiger partial charge >= 0.3 is 0 Å². The zero-order valence-corrected chi connectivity index (χ0v) is 11.1. The number of carbonyl (C=O) groups is 2. The summed E-state index contributed by atoms with van der Waals surface area (Å²) < 4.78 is 0. The lowest BCUT2D eigenvalue weighted by Gasteiger charge is -2.34. The quantitative estimate of drug-likeness (QED) is 0.786. The summed E-state index contributed by atoms with van der Waals surface area (Å²) >= 11 is 0. The number of rotatable bonds is 4. The average Bonchev–Trinajstić information content (AvgIpc) is 2.27. The fourth-order valence-corrected chi connectivity index (χ4v) is 2.45. The molecule has 1 saturated carbocycles. The normalized spacial score (nSPS) is 18.7. The van der Waals surface area contributed by atoms with Gasteiger partial charge in [-0.05, 0) is 26.7 Å². The van der Waals surface area contributed by atoms with Crippen molar-refractivity contribution in [2.45, 2.75) is 57.9 Å². The summed E-state index contributed by atoms with van der Waals surface area (Å²) in [4.78, 5) is 23.2. The van der Waals surface area contributed by atoms with E-state index in [2.05, 4.69) is 11.4 Å². The maximum absolute atomic E-state index is 12.3. The summed E-state index contributed by atoms with van der Waals surface area (Å²) in [5.41, 5.74) is 3.52. The molecule has 0 aromatic heterocycles. The lowest BCUT2D eigenvalue weighted by atomic mass is 9.74. The van der Waals surface area contributed by atoms with Crippen LogP contribution in [0.4, 0.5) is 0 Å². The molecular weight excluding hydrogens is 230 g/mol. The molecule has 5 nitrogen and oxygen atoms in total. The fraction of sp³-hybridized carbons (Fsp3) is 0.769. The Balaban J connectivity index is 2.74. The Bertz CT molecular complexity index is 376. The van der Waals surface area contributed by atoms with Gasteiger partial charge in [0.15, 0.2) is 0 Å². The van der Waals surface area contributed by atoms with Crippen LogP contribution in [0, 0.1) is 16.7 Å². The van der Waals surface area contributed by atoms with Crippen LogP contribution in [0.1, 0.15) is 52.4 Å². The average molecular weight is 251 g/mol. The van der Waals surface area contributed by atoms with E-state index in [-0.39, 0.29) is 12.3 Å². The second-order valence-electron chi connectivity index (χ2n) is 5.74. The SMILES string of the molecule is CC(C)(CC(N)=O)NC(=O)C1(C#N)CCCCC1. The first-order chi connectivity index (χ1) is 8.31. The molecule has 0 aromatic carbocycles. The Morgan fingerprint density at radius 3 is 2.33 bits per heavy atom. The van der Waals surface area contributed by atoms with Crippen molar-refractivity contribution >= 4 is 11.8 Å². The van der Waals surface area contributed by atoms with Crippen molar-refractivity contribution in [3.05, 3.63) is 0 Å². The predicted molar refractivity (Wildman–Crippen MR) is 67.2 cm³/mol. The second kappa shape index (κ2) is 5.38. The number of nitrogens with zero attached hydrogens (tertiary/aromatic N) is 1. The van der Waals surface area contributed by atoms with Crippen molar-refractivity contribution in [3.63, 3.8) is 0 Å². The molecule has 5 heteroatoms. The van der Waals surface area contributed by atoms with Crippen LogP contribution in [-0.2, 0) is 9.59 Å². The molecule has 1 rings (SSSR count). The van der Waals surface area contributed by atoms with Gasteiger partial charge in [-0.15, -0.1) is 0 Å². The van der Waals surface area contributed by atoms with E-state index in [9.17, 15) is 14.9 Å². The van der Waals surface area contributed by atoms with Crippen LogP contribution in [0.15, 0.2) is 0 Å². The zero-order valence-electron chi connectivity index (χ0n) is 11.1. The highest BCUT2D eigenvalue weighted by atomic mass is 16.2. The van der Waals surface area contributed by atoms with Crippen LogP contribution in [0.5, 0.6) is 0 Å². The standard InChI is InChI=1S/C13H21N3O2/c1-12(2,8-10(15)17)16-11(18)13(9-14)6-4-3-5-7-13/h3-8H2,1-2H3,(H2,15,17)(H,16,18). The van der Waals surface area contributed by atoms with Gasteiger partial charge in [-0.1, -0.05) is 19.3 Å². The number of nitrogens with one attached hydrogen (secondary N) is 1. The molecule has 0 aliphatic heterocycles. The molecule has 0 spiro atoms. The smallest absolute Gasteiger partial charge is 0.240 e. The third-order valence-corrected chi connectivity index (χ3v) is 3.42. The molecule has 100 valence electrons. The first-order valence-corrected chi connectivity index (χ1v) is 6.33. The van der Waals surface area contributed by atoms with E-state index in [4.69, 9.17) is 5.73 Å². The summed E-state index contributed by atoms with van der Waals surface area (Å²) in [5, 5.41) is 12.1. The molecule has 0 heterocycles. The molecule has 1 fully saturated rings. The highest BCUT2D eigenvalue weighted by molar-refractivity contribution is 5.87. The van der Waals surface area contributed by atoms with Crippen LogP contribution in [-0.4, -0.2) is 17.4 Å². The van der Waals surface area contributed by atoms with Crippen molar-refractivity contribution in [1.82, 2.24) is 5.32 Å². The van der Waals surface area contributed by atoms with Crippen molar-refractivity contribution in [1.29, 1.82) is 5.26 Å². The number of carbonyl (C=O) groups excluding carboxylic acids is 2. The molecule has 0 saturated heterocycles. The Morgan fingerprint density at radius 1 is 1.33 bits per heavy atom. The van der Waals surface area contributed by atoms with E-state index in [0.717, 1.165) is 19.3 Å². The molecule has 0 aromatic rings. The zero-order chi connectivity index (χ0) is 13.8. The van der Waals surface area contributed by atoms with Gasteiger partial charge in [0.2, 0.25) is 11.8 Å². The van der Waals surface area contributed by atoms with Gasteiger partial charge in [-0.3, -0.25) is 9.59 Å². The maximum atomic E-state index is 12.3. The minimum Gasteiger partial charge on any atom is -0.370 e. The van der Waals surface area contributed by atoms with Gasteiger partial charge in [0.05, 0.1) is 6.07 Å². The Labute approximate surface area is 108 Å². The number of hydrogen-bond acceptors (Lipinski definition) is 3. The van der Waals surface area contributed by atoms with E-state index in [0.29, 0.717) is 12.8 Å². The highest BCUT2D eigenvalue weighted by Crippen LogP contribution is 2.36. The number of amides is 2. The number of primary amides is 1. The first-order valence-electron chi connectivity index (χ1n) is 6.33. The number of nitrogens with two attached hydrogens (primary N) is 1. The van der Waals surface area contributed by atoms with Gasteiger partial charge < -0.3 is 11.1 Å². The third-order valence-electron chi connectivity index (χ3n) is 3.42. The predicted octanol–water partition coefficient (Wildman–Crippen LogP) is 1.23. The molecule has 0 bridgehead atoms. The molecule has 0 radical (unpaired) electrons. The fourth-order valence-electron chi connectivity index (χ4n) is 2.45. The van der Waals surface area contributed by atoms with Crippen molar-refractivity contribution in [2.75, 3.05) is 0 Å². The van der Waals surface area contributed by atoms with Gasteiger partial charge in [-0.2, -0.15) is 5.26 Å². The summed E-state index contributed by atoms with van der Waals surface area (Å²) in [7, 11) is 0. The van der Waals surface area contributed by atoms with Crippen molar-refractivity contribution in [3.8, 4) is 6.07 Å². The lowest BCUT2D eigenvalue weighted by molar-refractivity contribution is -0.131. The van der Waals surface area contributed by atoms with E-state index in [1.54, 1.807) is 13.8 Å². The van der Waals surface area contributed by atoms with Crippen LogP contribution in [0.2, 0.25) is 0 Å². The molecule has 18 heavy (non-hydrogen) atoms. The van der Waals surface area contributed by atoms with E-state index >= 15 is 0 Å². The maximum Gasteiger partial charge on any atom is 0.240 e. The number of nitriles is 1. The van der Waals surface area contributed by atoms with Gasteiger partial charge in [0.1, 0.15) is 5.41 Å². The van der Waals surface area contributed by atoms with Gasteiger partial charge in [-0.25, -0.2) is 0 Å². The lowest BCUT2D eigenvalue weighted by Crippen LogP contribution is -2.52. The summed E-state index contributed by atoms with van der Waals surface area (Å²) in [6.45, 7) is 3.48. The van der Waals surface area contributed by atoms with Crippen LogP contribution in [0.3, 0.4) is 0 Å². The largest absolute Gasteiger partial charge is 0.370 e. The van der Waals surface area contributed by atoms with Crippen LogP contribution < -0.4 is 11.1 Å². The molecular formula is C13H21N3O2. The van der Waals surface area contributed by atoms with Gasteiger partial charge in [0.25, 0.3) is 0 Å². The summed E-state index contributed by atoms with van der Waals surface area (Å²) in [6.07, 6.45) is 4.14. The van der Waals surface area contributed by atoms with E-state index < -0.39 is 16.9 Å². The molecule has 1 aliphatic carbocycles. The Kier molecular flexibility index (Phi) is 4.33. The van der Waals surface area contributed by atoms with Crippen molar-refractivity contribution < 1.29 is 9.59 Å². The molecule has 1 aliphatic rings. The molecule has 0 atom stereocenters. The highest BCUT2D eigenvalue weighted by Gasteiger charge is 2.41. The Hall–Kier alpha value is -1.57. The van der Waals surface area contributed by atoms with Crippen molar-refractivity contribution in [2.24, 2.45) is 11.1 Å². The topological polar surface area (TPSA) is 96.0 Å². The monoisotopic (exact) mass is 251 g/mol.